The van der Waals surface area contributed by atoms with Gasteiger partial charge in [-0.2, -0.15) is 0 Å². The fourth-order valence-electron chi connectivity index (χ4n) is 1.89. The lowest BCUT2D eigenvalue weighted by Crippen LogP contribution is -2.31. The molecule has 0 saturated carbocycles. The topological polar surface area (TPSA) is 76.5 Å². The van der Waals surface area contributed by atoms with Crippen LogP contribution in [0.1, 0.15) is 13.8 Å². The van der Waals surface area contributed by atoms with E-state index in [1.54, 1.807) is 0 Å². The van der Waals surface area contributed by atoms with Gasteiger partial charge in [-0.3, -0.25) is 0 Å². The number of azide groups is 1. The van der Waals surface area contributed by atoms with Gasteiger partial charge in [0, 0.05) is 4.91 Å². The van der Waals surface area contributed by atoms with Crippen LogP contribution in [-0.4, -0.2) is 36.2 Å². The first-order chi connectivity index (χ1) is 7.03. The Labute approximate surface area is 92.1 Å². The van der Waals surface area contributed by atoms with Crippen molar-refractivity contribution in [1.29, 1.82) is 0 Å². The maximum absolute atomic E-state index is 8.23. The molecule has 0 radical (unpaired) electrons. The third kappa shape index (κ3) is 2.04. The van der Waals surface area contributed by atoms with Crippen molar-refractivity contribution in [2.75, 3.05) is 6.54 Å². The molecule has 0 aromatic rings. The second kappa shape index (κ2) is 3.81. The molecule has 0 aromatic carbocycles. The molecule has 2 rings (SSSR count). The normalized spacial score (nSPS) is 42.3. The standard InChI is InChI=1S/C8H12ClN3O3/c1-8(2)14-5-4(3-11-12-10)13-7(9)6(5)15-8/h4-7H,3H2,1-2H3/t4-,5-,6-,7-/m1/s1. The second-order valence-corrected chi connectivity index (χ2v) is 4.43. The average molecular weight is 234 g/mol. The number of fused-ring (bicyclic) bond motifs is 1. The Balaban J connectivity index is 2.08. The quantitative estimate of drug-likeness (QED) is 0.316. The molecule has 0 aliphatic carbocycles. The molecule has 2 fully saturated rings. The molecule has 0 aromatic heterocycles. The molecule has 0 N–H and O–H groups in total. The summed E-state index contributed by atoms with van der Waals surface area (Å²) in [6, 6.07) is 0. The molecule has 0 bridgehead atoms. The molecule has 84 valence electrons. The van der Waals surface area contributed by atoms with E-state index in [-0.39, 0.29) is 24.9 Å². The minimum absolute atomic E-state index is 0.209. The predicted octanol–water partition coefficient (Wildman–Crippen LogP) is 1.78. The SMILES string of the molecule is CC1(C)O[C@@H]2[C@H](O1)[C@@H](CN=[N+]=[N-])O[C@H]2Cl. The summed E-state index contributed by atoms with van der Waals surface area (Å²) >= 11 is 5.95. The molecule has 7 heteroatoms. The summed E-state index contributed by atoms with van der Waals surface area (Å²) in [6.45, 7) is 3.85. The fraction of sp³-hybridized carbons (Fsp3) is 1.00. The van der Waals surface area contributed by atoms with E-state index < -0.39 is 11.4 Å². The lowest BCUT2D eigenvalue weighted by Gasteiger charge is -2.21. The monoisotopic (exact) mass is 233 g/mol. The zero-order valence-corrected chi connectivity index (χ0v) is 9.22. The summed E-state index contributed by atoms with van der Waals surface area (Å²) in [6.07, 6.45) is -0.872. The van der Waals surface area contributed by atoms with Crippen molar-refractivity contribution < 1.29 is 14.2 Å². The number of ether oxygens (including phenoxy) is 3. The van der Waals surface area contributed by atoms with E-state index in [1.165, 1.54) is 0 Å². The number of hydrogen-bond donors (Lipinski definition) is 0. The largest absolute Gasteiger partial charge is 0.353 e. The van der Waals surface area contributed by atoms with Crippen LogP contribution in [0.2, 0.25) is 0 Å². The van der Waals surface area contributed by atoms with Crippen LogP contribution in [0.5, 0.6) is 0 Å². The highest BCUT2D eigenvalue weighted by Gasteiger charge is 2.54. The molecule has 4 atom stereocenters. The van der Waals surface area contributed by atoms with Gasteiger partial charge in [-0.25, -0.2) is 0 Å². The molecule has 0 spiro atoms. The van der Waals surface area contributed by atoms with Gasteiger partial charge in [0.25, 0.3) is 0 Å². The average Bonchev–Trinajstić information content (AvgIpc) is 2.60. The van der Waals surface area contributed by atoms with E-state index in [4.69, 9.17) is 31.3 Å². The molecular formula is C8H12ClN3O3. The maximum atomic E-state index is 8.23. The van der Waals surface area contributed by atoms with E-state index in [0.29, 0.717) is 0 Å². The lowest BCUT2D eigenvalue weighted by atomic mass is 10.1. The van der Waals surface area contributed by atoms with E-state index in [9.17, 15) is 0 Å². The summed E-state index contributed by atoms with van der Waals surface area (Å²) < 4.78 is 16.6. The first-order valence-electron chi connectivity index (χ1n) is 4.69. The summed E-state index contributed by atoms with van der Waals surface area (Å²) in [7, 11) is 0. The minimum atomic E-state index is -0.652. The molecule has 6 nitrogen and oxygen atoms in total. The van der Waals surface area contributed by atoms with Crippen molar-refractivity contribution in [3.05, 3.63) is 10.4 Å². The van der Waals surface area contributed by atoms with Gasteiger partial charge in [-0.1, -0.05) is 16.7 Å². The van der Waals surface area contributed by atoms with Crippen molar-refractivity contribution in [3.63, 3.8) is 0 Å². The van der Waals surface area contributed by atoms with Gasteiger partial charge in [0.1, 0.15) is 12.2 Å². The van der Waals surface area contributed by atoms with E-state index in [0.717, 1.165) is 0 Å². The molecule has 15 heavy (non-hydrogen) atoms. The van der Waals surface area contributed by atoms with Crippen LogP contribution in [-0.2, 0) is 14.2 Å². The molecule has 0 amide bonds. The first kappa shape index (κ1) is 11.0. The van der Waals surface area contributed by atoms with Crippen LogP contribution in [0.4, 0.5) is 0 Å². The maximum Gasteiger partial charge on any atom is 0.164 e. The first-order valence-corrected chi connectivity index (χ1v) is 5.13. The highest BCUT2D eigenvalue weighted by molar-refractivity contribution is 6.20. The number of halogens is 1. The lowest BCUT2D eigenvalue weighted by molar-refractivity contribution is -0.177. The van der Waals surface area contributed by atoms with Crippen LogP contribution >= 0.6 is 11.6 Å². The van der Waals surface area contributed by atoms with Gasteiger partial charge in [-0.05, 0) is 19.4 Å². The summed E-state index contributed by atoms with van der Waals surface area (Å²) in [5.41, 5.74) is 7.69. The van der Waals surface area contributed by atoms with E-state index in [1.807, 2.05) is 13.8 Å². The van der Waals surface area contributed by atoms with Crippen molar-refractivity contribution in [2.45, 2.75) is 43.5 Å². The molecule has 2 aliphatic rings. The van der Waals surface area contributed by atoms with Crippen LogP contribution in [0.25, 0.3) is 10.4 Å². The minimum Gasteiger partial charge on any atom is -0.353 e. The predicted molar refractivity (Wildman–Crippen MR) is 52.4 cm³/mol. The van der Waals surface area contributed by atoms with Crippen molar-refractivity contribution in [3.8, 4) is 0 Å². The molecule has 2 saturated heterocycles. The zero-order valence-electron chi connectivity index (χ0n) is 8.46. The van der Waals surface area contributed by atoms with Crippen LogP contribution < -0.4 is 0 Å². The van der Waals surface area contributed by atoms with Crippen LogP contribution in [0.15, 0.2) is 5.11 Å². The molecule has 2 heterocycles. The smallest absolute Gasteiger partial charge is 0.164 e. The zero-order chi connectivity index (χ0) is 11.1. The Bertz CT molecular complexity index is 306. The Morgan fingerprint density at radius 1 is 1.40 bits per heavy atom. The molecular weight excluding hydrogens is 222 g/mol. The fourth-order valence-corrected chi connectivity index (χ4v) is 2.22. The van der Waals surface area contributed by atoms with E-state index in [2.05, 4.69) is 10.0 Å². The Kier molecular flexibility index (Phi) is 2.79. The number of alkyl halides is 1. The third-order valence-electron chi connectivity index (χ3n) is 2.42. The summed E-state index contributed by atoms with van der Waals surface area (Å²) in [5.74, 6) is -0.652. The Morgan fingerprint density at radius 3 is 2.73 bits per heavy atom. The van der Waals surface area contributed by atoms with Crippen molar-refractivity contribution >= 4 is 11.6 Å². The third-order valence-corrected chi connectivity index (χ3v) is 2.77. The van der Waals surface area contributed by atoms with Crippen molar-refractivity contribution in [1.82, 2.24) is 0 Å². The van der Waals surface area contributed by atoms with E-state index >= 15 is 0 Å². The Hall–Kier alpha value is -0.520. The van der Waals surface area contributed by atoms with Crippen LogP contribution in [0, 0.1) is 0 Å². The Morgan fingerprint density at radius 2 is 2.07 bits per heavy atom. The summed E-state index contributed by atoms with van der Waals surface area (Å²) in [4.78, 5) is 2.68. The second-order valence-electron chi connectivity index (χ2n) is 4.00. The van der Waals surface area contributed by atoms with Crippen LogP contribution in [0.3, 0.4) is 0 Å². The van der Waals surface area contributed by atoms with Gasteiger partial charge in [0.15, 0.2) is 11.4 Å². The highest BCUT2D eigenvalue weighted by Crippen LogP contribution is 2.39. The van der Waals surface area contributed by atoms with Gasteiger partial charge < -0.3 is 14.2 Å². The summed E-state index contributed by atoms with van der Waals surface area (Å²) in [5, 5.41) is 3.46. The van der Waals surface area contributed by atoms with Gasteiger partial charge in [-0.15, -0.1) is 0 Å². The van der Waals surface area contributed by atoms with Crippen molar-refractivity contribution in [2.24, 2.45) is 5.11 Å². The number of hydrogen-bond acceptors (Lipinski definition) is 4. The highest BCUT2D eigenvalue weighted by atomic mass is 35.5. The van der Waals surface area contributed by atoms with Gasteiger partial charge in [0.2, 0.25) is 0 Å². The molecule has 0 unspecified atom stereocenters. The number of nitrogens with zero attached hydrogens (tertiary/aromatic N) is 3. The molecule has 2 aliphatic heterocycles. The number of rotatable bonds is 2. The van der Waals surface area contributed by atoms with Gasteiger partial charge in [0.05, 0.1) is 12.6 Å². The van der Waals surface area contributed by atoms with Gasteiger partial charge >= 0.3 is 0 Å².